The molecule has 3 nitrogen and oxygen atoms in total. The minimum atomic E-state index is -0.0211. The van der Waals surface area contributed by atoms with Crippen molar-refractivity contribution in [1.29, 1.82) is 0 Å². The Kier molecular flexibility index (Phi) is 21.6. The topological polar surface area (TPSA) is 49.7 Å². The number of hydrogen-bond acceptors (Lipinski definition) is 3. The third-order valence-electron chi connectivity index (χ3n) is 7.77. The van der Waals surface area contributed by atoms with E-state index in [1.165, 1.54) is 122 Å². The molecule has 3 heteroatoms. The number of rotatable bonds is 26. The quantitative estimate of drug-likeness (QED) is 0.0946. The van der Waals surface area contributed by atoms with Crippen molar-refractivity contribution in [2.75, 3.05) is 6.61 Å². The van der Waals surface area contributed by atoms with Crippen LogP contribution < -0.4 is 4.74 Å². The Morgan fingerprint density at radius 1 is 0.486 bits per heavy atom. The fraction of sp³-hybridized carbons (Fsp3) is 0.824. The zero-order chi connectivity index (χ0) is 27.0. The van der Waals surface area contributed by atoms with Crippen LogP contribution in [0.25, 0.3) is 0 Å². The normalized spacial score (nSPS) is 11.3. The molecule has 0 saturated heterocycles. The zero-order valence-corrected chi connectivity index (χ0v) is 25.1. The first-order chi connectivity index (χ1) is 18.2. The van der Waals surface area contributed by atoms with Gasteiger partial charge in [0.15, 0.2) is 11.5 Å². The van der Waals surface area contributed by atoms with E-state index in [-0.39, 0.29) is 11.5 Å². The molecule has 0 spiro atoms. The number of benzene rings is 1. The Morgan fingerprint density at radius 2 is 0.865 bits per heavy atom. The van der Waals surface area contributed by atoms with Gasteiger partial charge in [-0.15, -0.1) is 0 Å². The molecule has 216 valence electrons. The first-order valence-electron chi connectivity index (χ1n) is 16.3. The van der Waals surface area contributed by atoms with E-state index in [2.05, 4.69) is 20.8 Å². The van der Waals surface area contributed by atoms with Crippen molar-refractivity contribution in [2.45, 2.75) is 175 Å². The first kappa shape index (κ1) is 33.6. The van der Waals surface area contributed by atoms with Crippen LogP contribution in [0.15, 0.2) is 6.07 Å². The summed E-state index contributed by atoms with van der Waals surface area (Å²) in [6, 6.07) is 1.67. The highest BCUT2D eigenvalue weighted by Crippen LogP contribution is 2.40. The van der Waals surface area contributed by atoms with E-state index in [4.69, 9.17) is 4.74 Å². The minimum absolute atomic E-state index is 0.0211. The van der Waals surface area contributed by atoms with Gasteiger partial charge in [-0.3, -0.25) is 0 Å². The monoisotopic (exact) mass is 518 g/mol. The minimum Gasteiger partial charge on any atom is -0.504 e. The molecule has 37 heavy (non-hydrogen) atoms. The number of ether oxygens (including phenoxy) is 1. The fourth-order valence-electron chi connectivity index (χ4n) is 5.33. The Labute approximate surface area is 230 Å². The summed E-state index contributed by atoms with van der Waals surface area (Å²) in [7, 11) is 0. The van der Waals surface area contributed by atoms with Gasteiger partial charge in [0.2, 0.25) is 0 Å². The van der Waals surface area contributed by atoms with Gasteiger partial charge in [0.25, 0.3) is 0 Å². The van der Waals surface area contributed by atoms with E-state index in [1.54, 1.807) is 6.07 Å². The maximum Gasteiger partial charge on any atom is 0.161 e. The Morgan fingerprint density at radius 3 is 1.32 bits per heavy atom. The third kappa shape index (κ3) is 16.2. The molecule has 0 aliphatic carbocycles. The van der Waals surface area contributed by atoms with Crippen LogP contribution in [0.1, 0.15) is 173 Å². The molecule has 2 N–H and O–H groups in total. The molecular formula is C34H62O3. The van der Waals surface area contributed by atoms with Gasteiger partial charge in [-0.25, -0.2) is 0 Å². The largest absolute Gasteiger partial charge is 0.504 e. The molecule has 0 atom stereocenters. The van der Waals surface area contributed by atoms with Crippen LogP contribution >= 0.6 is 0 Å². The highest BCUT2D eigenvalue weighted by molar-refractivity contribution is 5.56. The lowest BCUT2D eigenvalue weighted by molar-refractivity contribution is 0.296. The molecule has 0 saturated carbocycles. The Hall–Kier alpha value is -1.38. The number of phenolic OH excluding ortho intramolecular Hbond substituents is 2. The predicted octanol–water partition coefficient (Wildman–Crippen LogP) is 11.2. The lowest BCUT2D eigenvalue weighted by Gasteiger charge is -2.18. The summed E-state index contributed by atoms with van der Waals surface area (Å²) in [6.45, 7) is 7.48. The van der Waals surface area contributed by atoms with Crippen molar-refractivity contribution in [3.05, 3.63) is 17.2 Å². The maximum absolute atomic E-state index is 10.8. The van der Waals surface area contributed by atoms with Crippen LogP contribution in [0.4, 0.5) is 0 Å². The average Bonchev–Trinajstić information content (AvgIpc) is 2.90. The van der Waals surface area contributed by atoms with Gasteiger partial charge in [-0.1, -0.05) is 143 Å². The van der Waals surface area contributed by atoms with Gasteiger partial charge < -0.3 is 14.9 Å². The van der Waals surface area contributed by atoms with Crippen LogP contribution in [0.2, 0.25) is 0 Å². The van der Waals surface area contributed by atoms with Crippen LogP contribution in [0.3, 0.4) is 0 Å². The molecule has 1 aromatic rings. The molecule has 0 aliphatic rings. The van der Waals surface area contributed by atoms with E-state index in [9.17, 15) is 10.2 Å². The Balaban J connectivity index is 2.67. The van der Waals surface area contributed by atoms with Crippen molar-refractivity contribution in [3.63, 3.8) is 0 Å². The molecule has 0 heterocycles. The van der Waals surface area contributed by atoms with Gasteiger partial charge in [0.05, 0.1) is 6.61 Å². The number of unbranched alkanes of at least 4 members (excludes halogenated alkanes) is 19. The van der Waals surface area contributed by atoms with Crippen molar-refractivity contribution in [1.82, 2.24) is 0 Å². The zero-order valence-electron chi connectivity index (χ0n) is 25.1. The fourth-order valence-corrected chi connectivity index (χ4v) is 5.33. The first-order valence-corrected chi connectivity index (χ1v) is 16.3. The molecule has 0 aromatic heterocycles. The summed E-state index contributed by atoms with van der Waals surface area (Å²) in [4.78, 5) is 0. The van der Waals surface area contributed by atoms with Gasteiger partial charge in [-0.05, 0) is 32.1 Å². The molecule has 0 amide bonds. The summed E-state index contributed by atoms with van der Waals surface area (Å²) in [5.74, 6) is 0.873. The third-order valence-corrected chi connectivity index (χ3v) is 7.77. The molecule has 1 rings (SSSR count). The molecule has 0 aliphatic heterocycles. The van der Waals surface area contributed by atoms with E-state index in [0.29, 0.717) is 6.61 Å². The highest BCUT2D eigenvalue weighted by Gasteiger charge is 2.18. The van der Waals surface area contributed by atoms with Crippen molar-refractivity contribution in [3.8, 4) is 17.2 Å². The van der Waals surface area contributed by atoms with E-state index >= 15 is 0 Å². The van der Waals surface area contributed by atoms with Crippen molar-refractivity contribution < 1.29 is 14.9 Å². The number of aromatic hydroxyl groups is 2. The second-order valence-corrected chi connectivity index (χ2v) is 11.3. The van der Waals surface area contributed by atoms with E-state index < -0.39 is 0 Å². The van der Waals surface area contributed by atoms with E-state index in [0.717, 1.165) is 49.0 Å². The smallest absolute Gasteiger partial charge is 0.161 e. The van der Waals surface area contributed by atoms with Gasteiger partial charge >= 0.3 is 0 Å². The predicted molar refractivity (Wildman–Crippen MR) is 161 cm³/mol. The van der Waals surface area contributed by atoms with Gasteiger partial charge in [-0.2, -0.15) is 0 Å². The van der Waals surface area contributed by atoms with Crippen molar-refractivity contribution in [2.24, 2.45) is 0 Å². The molecule has 0 radical (unpaired) electrons. The van der Waals surface area contributed by atoms with E-state index in [1.807, 2.05) is 0 Å². The standard InChI is InChI=1S/C34H62O3/c1-4-7-10-13-16-19-22-25-28-37-33-29-32(35)34(36)31(27-24-21-18-15-12-9-6-3)30(33)26-23-20-17-14-11-8-5-2/h29,35-36H,4-28H2,1-3H3. The lowest BCUT2D eigenvalue weighted by atomic mass is 9.94. The van der Waals surface area contributed by atoms with Crippen LogP contribution in [0.5, 0.6) is 17.2 Å². The Bertz CT molecular complexity index is 655. The SMILES string of the molecule is CCCCCCCCCCOc1cc(O)c(O)c(CCCCCCCCC)c1CCCCCCCCC. The lowest BCUT2D eigenvalue weighted by Crippen LogP contribution is -2.05. The molecule has 1 aromatic carbocycles. The average molecular weight is 519 g/mol. The number of phenols is 2. The maximum atomic E-state index is 10.8. The summed E-state index contributed by atoms with van der Waals surface area (Å²) >= 11 is 0. The second-order valence-electron chi connectivity index (χ2n) is 11.3. The molecule has 0 fully saturated rings. The summed E-state index contributed by atoms with van der Waals surface area (Å²) in [6.07, 6.45) is 29.6. The number of hydrogen-bond donors (Lipinski definition) is 2. The van der Waals surface area contributed by atoms with Crippen LogP contribution in [-0.2, 0) is 12.8 Å². The van der Waals surface area contributed by atoms with Gasteiger partial charge in [0.1, 0.15) is 5.75 Å². The van der Waals surface area contributed by atoms with Gasteiger partial charge in [0, 0.05) is 17.2 Å². The molecule has 0 bridgehead atoms. The molecule has 0 unspecified atom stereocenters. The molecular weight excluding hydrogens is 456 g/mol. The van der Waals surface area contributed by atoms with Crippen LogP contribution in [0, 0.1) is 0 Å². The highest BCUT2D eigenvalue weighted by atomic mass is 16.5. The summed E-state index contributed by atoms with van der Waals surface area (Å²) in [5.41, 5.74) is 2.08. The summed E-state index contributed by atoms with van der Waals surface area (Å²) in [5, 5.41) is 21.3. The second kappa shape index (κ2) is 23.7. The van der Waals surface area contributed by atoms with Crippen LogP contribution in [-0.4, -0.2) is 16.8 Å². The summed E-state index contributed by atoms with van der Waals surface area (Å²) < 4.78 is 6.27. The van der Waals surface area contributed by atoms with Crippen molar-refractivity contribution >= 4 is 0 Å².